The molecule has 4 rings (SSSR count). The zero-order chi connectivity index (χ0) is 19.7. The maximum Gasteiger partial charge on any atom is 0.320 e. The number of aromatic nitrogens is 2. The molecule has 1 atom stereocenters. The quantitative estimate of drug-likeness (QED) is 0.600. The summed E-state index contributed by atoms with van der Waals surface area (Å²) in [6.45, 7) is 3.66. The summed E-state index contributed by atoms with van der Waals surface area (Å²) in [7, 11) is 0. The molecule has 0 spiro atoms. The van der Waals surface area contributed by atoms with Crippen molar-refractivity contribution < 1.29 is 8.78 Å². The van der Waals surface area contributed by atoms with Crippen LogP contribution in [0, 0.1) is 0 Å². The van der Waals surface area contributed by atoms with E-state index in [4.69, 9.17) is 11.6 Å². The minimum absolute atomic E-state index is 0.168. The number of fused-ring (bicyclic) bond motifs is 1. The van der Waals surface area contributed by atoms with Gasteiger partial charge in [-0.1, -0.05) is 35.9 Å². The Morgan fingerprint density at radius 3 is 2.36 bits per heavy atom. The first-order valence-corrected chi connectivity index (χ1v) is 9.86. The van der Waals surface area contributed by atoms with Crippen molar-refractivity contribution in [1.82, 2.24) is 19.4 Å². The van der Waals surface area contributed by atoms with Crippen molar-refractivity contribution in [2.75, 3.05) is 26.2 Å². The molecule has 2 heterocycles. The number of piperazine rings is 1. The van der Waals surface area contributed by atoms with Gasteiger partial charge in [0.05, 0.1) is 17.1 Å². The van der Waals surface area contributed by atoms with Crippen molar-refractivity contribution in [3.05, 3.63) is 64.9 Å². The second kappa shape index (κ2) is 8.15. The molecule has 2 aromatic carbocycles. The van der Waals surface area contributed by atoms with Crippen LogP contribution in [0.25, 0.3) is 11.0 Å². The van der Waals surface area contributed by atoms with Gasteiger partial charge in [-0.2, -0.15) is 8.78 Å². The fraction of sp³-hybridized carbons (Fsp3) is 0.381. The average Bonchev–Trinajstić information content (AvgIpc) is 3.09. The van der Waals surface area contributed by atoms with Crippen LogP contribution < -0.4 is 0 Å². The molecule has 0 N–H and O–H groups in total. The topological polar surface area (TPSA) is 24.3 Å². The highest BCUT2D eigenvalue weighted by atomic mass is 35.5. The molecule has 7 heteroatoms. The van der Waals surface area contributed by atoms with Crippen molar-refractivity contribution in [1.29, 1.82) is 0 Å². The third-order valence-electron chi connectivity index (χ3n) is 5.47. The molecule has 1 saturated heterocycles. The maximum absolute atomic E-state index is 13.7. The Hall–Kier alpha value is -2.02. The molecule has 148 valence electrons. The van der Waals surface area contributed by atoms with Crippen LogP contribution in [-0.4, -0.2) is 45.5 Å². The minimum Gasteiger partial charge on any atom is -0.297 e. The summed E-state index contributed by atoms with van der Waals surface area (Å²) in [4.78, 5) is 9.13. The molecule has 0 bridgehead atoms. The molecule has 0 saturated carbocycles. The molecule has 4 nitrogen and oxygen atoms in total. The summed E-state index contributed by atoms with van der Waals surface area (Å²) >= 11 is 5.95. The fourth-order valence-electron chi connectivity index (χ4n) is 3.88. The predicted molar refractivity (Wildman–Crippen MR) is 108 cm³/mol. The first-order chi connectivity index (χ1) is 13.5. The number of hydrogen-bond acceptors (Lipinski definition) is 3. The van der Waals surface area contributed by atoms with Gasteiger partial charge in [-0.15, -0.1) is 0 Å². The van der Waals surface area contributed by atoms with E-state index in [2.05, 4.69) is 14.8 Å². The molecule has 0 aliphatic carbocycles. The molecular weight excluding hydrogens is 382 g/mol. The van der Waals surface area contributed by atoms with E-state index in [0.717, 1.165) is 42.3 Å². The number of rotatable bonds is 5. The number of imidazole rings is 1. The van der Waals surface area contributed by atoms with Gasteiger partial charge in [0.25, 0.3) is 0 Å². The molecule has 1 fully saturated rings. The SMILES string of the molecule is C[C@H](c1nc2ccccc2n1C(F)F)N1CCN(Cc2ccc(Cl)cc2)CC1. The summed E-state index contributed by atoms with van der Waals surface area (Å²) < 4.78 is 28.5. The number of benzene rings is 2. The van der Waals surface area contributed by atoms with Crippen LogP contribution in [0.3, 0.4) is 0 Å². The van der Waals surface area contributed by atoms with E-state index >= 15 is 0 Å². The Labute approximate surface area is 168 Å². The lowest BCUT2D eigenvalue weighted by atomic mass is 10.1. The fourth-order valence-corrected chi connectivity index (χ4v) is 4.01. The lowest BCUT2D eigenvalue weighted by Crippen LogP contribution is -2.47. The Morgan fingerprint density at radius 2 is 1.68 bits per heavy atom. The molecule has 28 heavy (non-hydrogen) atoms. The van der Waals surface area contributed by atoms with Gasteiger partial charge in [0, 0.05) is 37.7 Å². The first kappa shape index (κ1) is 19.3. The Kier molecular flexibility index (Phi) is 5.62. The van der Waals surface area contributed by atoms with E-state index in [1.165, 1.54) is 5.56 Å². The smallest absolute Gasteiger partial charge is 0.297 e. The summed E-state index contributed by atoms with van der Waals surface area (Å²) in [6.07, 6.45) is 0. The Bertz CT molecular complexity index is 933. The van der Waals surface area contributed by atoms with Gasteiger partial charge in [-0.25, -0.2) is 4.98 Å². The lowest BCUT2D eigenvalue weighted by Gasteiger charge is -2.37. The van der Waals surface area contributed by atoms with Crippen LogP contribution in [0.15, 0.2) is 48.5 Å². The lowest BCUT2D eigenvalue weighted by molar-refractivity contribution is 0.0558. The van der Waals surface area contributed by atoms with Gasteiger partial charge < -0.3 is 0 Å². The highest BCUT2D eigenvalue weighted by molar-refractivity contribution is 6.30. The van der Waals surface area contributed by atoms with E-state index < -0.39 is 6.55 Å². The largest absolute Gasteiger partial charge is 0.320 e. The van der Waals surface area contributed by atoms with Crippen LogP contribution in [-0.2, 0) is 6.54 Å². The number of alkyl halides is 2. The average molecular weight is 405 g/mol. The van der Waals surface area contributed by atoms with E-state index in [1.54, 1.807) is 18.2 Å². The van der Waals surface area contributed by atoms with Crippen molar-refractivity contribution in [2.45, 2.75) is 26.1 Å². The second-order valence-electron chi connectivity index (χ2n) is 7.22. The van der Waals surface area contributed by atoms with Crippen molar-refractivity contribution in [2.24, 2.45) is 0 Å². The zero-order valence-electron chi connectivity index (χ0n) is 15.7. The normalized spacial score (nSPS) is 17.5. The molecule has 0 unspecified atom stereocenters. The van der Waals surface area contributed by atoms with Gasteiger partial charge in [0.1, 0.15) is 5.82 Å². The molecule has 0 amide bonds. The predicted octanol–water partition coefficient (Wildman–Crippen LogP) is 4.96. The standard InChI is InChI=1S/C21H23ClF2N4/c1-15(20-25-18-4-2-3-5-19(18)28(20)21(23)24)27-12-10-26(11-13-27)14-16-6-8-17(22)9-7-16/h2-9,15,21H,10-14H2,1H3/t15-/m1/s1. The minimum atomic E-state index is -2.60. The van der Waals surface area contributed by atoms with E-state index in [1.807, 2.05) is 37.3 Å². The third-order valence-corrected chi connectivity index (χ3v) is 5.72. The first-order valence-electron chi connectivity index (χ1n) is 9.49. The summed E-state index contributed by atoms with van der Waals surface area (Å²) in [5, 5.41) is 0.740. The summed E-state index contributed by atoms with van der Waals surface area (Å²) in [5.41, 5.74) is 2.33. The zero-order valence-corrected chi connectivity index (χ0v) is 16.5. The van der Waals surface area contributed by atoms with E-state index in [0.29, 0.717) is 16.9 Å². The van der Waals surface area contributed by atoms with E-state index in [9.17, 15) is 8.78 Å². The molecule has 1 aliphatic heterocycles. The monoisotopic (exact) mass is 404 g/mol. The summed E-state index contributed by atoms with van der Waals surface area (Å²) in [6, 6.07) is 14.8. The maximum atomic E-state index is 13.7. The molecule has 1 aromatic heterocycles. The number of halogens is 3. The Morgan fingerprint density at radius 1 is 1.00 bits per heavy atom. The van der Waals surface area contributed by atoms with Gasteiger partial charge in [0.2, 0.25) is 0 Å². The van der Waals surface area contributed by atoms with Crippen molar-refractivity contribution >= 4 is 22.6 Å². The van der Waals surface area contributed by atoms with Gasteiger partial charge in [-0.05, 0) is 36.8 Å². The molecule has 1 aliphatic rings. The van der Waals surface area contributed by atoms with Gasteiger partial charge in [0.15, 0.2) is 0 Å². The highest BCUT2D eigenvalue weighted by Crippen LogP contribution is 2.30. The Balaban J connectivity index is 1.45. The van der Waals surface area contributed by atoms with E-state index in [-0.39, 0.29) is 6.04 Å². The van der Waals surface area contributed by atoms with Crippen molar-refractivity contribution in [3.8, 4) is 0 Å². The summed E-state index contributed by atoms with van der Waals surface area (Å²) in [5.74, 6) is 0.433. The molecular formula is C21H23ClF2N4. The molecule has 3 aromatic rings. The van der Waals surface area contributed by atoms with Crippen LogP contribution in [0.2, 0.25) is 5.02 Å². The second-order valence-corrected chi connectivity index (χ2v) is 7.66. The van der Waals surface area contributed by atoms with Gasteiger partial charge >= 0.3 is 6.55 Å². The van der Waals surface area contributed by atoms with Crippen LogP contribution >= 0.6 is 11.6 Å². The molecule has 0 radical (unpaired) electrons. The highest BCUT2D eigenvalue weighted by Gasteiger charge is 2.28. The van der Waals surface area contributed by atoms with Gasteiger partial charge in [-0.3, -0.25) is 14.4 Å². The number of hydrogen-bond donors (Lipinski definition) is 0. The van der Waals surface area contributed by atoms with Crippen LogP contribution in [0.5, 0.6) is 0 Å². The number of nitrogens with zero attached hydrogens (tertiary/aromatic N) is 4. The van der Waals surface area contributed by atoms with Crippen LogP contribution in [0.1, 0.15) is 30.9 Å². The third kappa shape index (κ3) is 3.90. The number of para-hydroxylation sites is 2. The van der Waals surface area contributed by atoms with Crippen LogP contribution in [0.4, 0.5) is 8.78 Å². The van der Waals surface area contributed by atoms with Crippen molar-refractivity contribution in [3.63, 3.8) is 0 Å².